The summed E-state index contributed by atoms with van der Waals surface area (Å²) in [5.41, 5.74) is 3.55. The number of sulfonamides is 1. The van der Waals surface area contributed by atoms with Gasteiger partial charge in [0, 0.05) is 37.5 Å². The molecule has 0 heterocycles. The van der Waals surface area contributed by atoms with E-state index in [9.17, 15) is 22.4 Å². The van der Waals surface area contributed by atoms with Crippen LogP contribution in [0.4, 0.5) is 10.1 Å². The summed E-state index contributed by atoms with van der Waals surface area (Å²) in [6.07, 6.45) is 2.31. The lowest BCUT2D eigenvalue weighted by molar-refractivity contribution is -0.141. The van der Waals surface area contributed by atoms with E-state index >= 15 is 0 Å². The molecule has 2 amide bonds. The normalized spacial score (nSPS) is 12.8. The summed E-state index contributed by atoms with van der Waals surface area (Å²) in [6.45, 7) is 7.64. The number of benzene rings is 3. The van der Waals surface area contributed by atoms with Crippen LogP contribution in [0, 0.1) is 19.7 Å². The second-order valence-electron chi connectivity index (χ2n) is 10.8. The minimum absolute atomic E-state index is 0.0206. The van der Waals surface area contributed by atoms with E-state index in [2.05, 4.69) is 5.32 Å². The third-order valence-corrected chi connectivity index (χ3v) is 8.75. The number of rotatable bonds is 14. The highest BCUT2D eigenvalue weighted by atomic mass is 32.2. The topological polar surface area (TPSA) is 86.8 Å². The zero-order valence-corrected chi connectivity index (χ0v) is 26.0. The molecular formula is C33H42FN3O4S. The van der Waals surface area contributed by atoms with Crippen LogP contribution in [-0.4, -0.2) is 50.0 Å². The minimum atomic E-state index is -3.62. The predicted molar refractivity (Wildman–Crippen MR) is 166 cm³/mol. The Labute approximate surface area is 249 Å². The van der Waals surface area contributed by atoms with Crippen molar-refractivity contribution in [3.8, 4) is 0 Å². The van der Waals surface area contributed by atoms with Crippen LogP contribution < -0.4 is 9.62 Å². The average Bonchev–Trinajstić information content (AvgIpc) is 2.95. The van der Waals surface area contributed by atoms with Gasteiger partial charge in [0.1, 0.15) is 11.9 Å². The maximum Gasteiger partial charge on any atom is 0.243 e. The Morgan fingerprint density at radius 2 is 1.62 bits per heavy atom. The zero-order chi connectivity index (χ0) is 30.9. The molecule has 0 aliphatic carbocycles. The van der Waals surface area contributed by atoms with E-state index < -0.39 is 21.9 Å². The van der Waals surface area contributed by atoms with Crippen LogP contribution in [-0.2, 0) is 32.6 Å². The monoisotopic (exact) mass is 595 g/mol. The molecule has 3 aromatic rings. The molecule has 3 aromatic carbocycles. The van der Waals surface area contributed by atoms with Crippen molar-refractivity contribution in [3.05, 3.63) is 101 Å². The molecule has 0 spiro atoms. The van der Waals surface area contributed by atoms with Crippen molar-refractivity contribution in [2.45, 2.75) is 72.0 Å². The molecule has 0 aliphatic rings. The molecule has 42 heavy (non-hydrogen) atoms. The molecule has 0 fully saturated rings. The highest BCUT2D eigenvalue weighted by molar-refractivity contribution is 7.92. The zero-order valence-electron chi connectivity index (χ0n) is 25.1. The van der Waals surface area contributed by atoms with Gasteiger partial charge in [-0.3, -0.25) is 13.9 Å². The number of aryl methyl sites for hydroxylation is 1. The van der Waals surface area contributed by atoms with Gasteiger partial charge >= 0.3 is 0 Å². The smallest absolute Gasteiger partial charge is 0.243 e. The van der Waals surface area contributed by atoms with Crippen molar-refractivity contribution in [3.63, 3.8) is 0 Å². The second kappa shape index (κ2) is 15.0. The Morgan fingerprint density at radius 1 is 0.952 bits per heavy atom. The predicted octanol–water partition coefficient (Wildman–Crippen LogP) is 5.54. The highest BCUT2D eigenvalue weighted by Gasteiger charge is 2.31. The van der Waals surface area contributed by atoms with Crippen LogP contribution in [0.15, 0.2) is 72.8 Å². The average molecular weight is 596 g/mol. The van der Waals surface area contributed by atoms with E-state index in [4.69, 9.17) is 0 Å². The molecule has 0 aromatic heterocycles. The molecule has 9 heteroatoms. The Morgan fingerprint density at radius 3 is 2.26 bits per heavy atom. The van der Waals surface area contributed by atoms with Crippen LogP contribution in [0.25, 0.3) is 0 Å². The van der Waals surface area contributed by atoms with Crippen LogP contribution in [0.2, 0.25) is 0 Å². The first-order chi connectivity index (χ1) is 19.9. The molecule has 3 rings (SSSR count). The molecule has 0 bridgehead atoms. The maximum absolute atomic E-state index is 14.8. The summed E-state index contributed by atoms with van der Waals surface area (Å²) in [7, 11) is -3.62. The first-order valence-corrected chi connectivity index (χ1v) is 16.2. The van der Waals surface area contributed by atoms with Crippen molar-refractivity contribution in [2.75, 3.05) is 17.1 Å². The van der Waals surface area contributed by atoms with Crippen LogP contribution in [0.1, 0.15) is 55.4 Å². The Hall–Kier alpha value is -3.72. The van der Waals surface area contributed by atoms with Crippen molar-refractivity contribution >= 4 is 27.5 Å². The molecule has 0 saturated heterocycles. The van der Waals surface area contributed by atoms with Crippen molar-refractivity contribution in [2.24, 2.45) is 0 Å². The number of halogens is 1. The molecule has 226 valence electrons. The van der Waals surface area contributed by atoms with Crippen molar-refractivity contribution in [1.82, 2.24) is 10.2 Å². The van der Waals surface area contributed by atoms with Crippen LogP contribution in [0.5, 0.6) is 0 Å². The number of carbonyl (C=O) groups excluding carboxylic acids is 2. The number of hydrogen-bond donors (Lipinski definition) is 1. The SMILES string of the molecule is CC[C@H](C)NC(=O)[C@@H](Cc1ccccc1)N(Cc1ccccc1F)C(=O)CCCN(c1cccc(C)c1C)S(C)(=O)=O. The van der Waals surface area contributed by atoms with E-state index in [0.29, 0.717) is 17.7 Å². The first kappa shape index (κ1) is 32.8. The summed E-state index contributed by atoms with van der Waals surface area (Å²) >= 11 is 0. The lowest BCUT2D eigenvalue weighted by Gasteiger charge is -2.33. The van der Waals surface area contributed by atoms with Crippen LogP contribution in [0.3, 0.4) is 0 Å². The van der Waals surface area contributed by atoms with E-state index in [1.54, 1.807) is 30.3 Å². The third-order valence-electron chi connectivity index (χ3n) is 7.57. The van der Waals surface area contributed by atoms with Gasteiger partial charge in [-0.1, -0.05) is 67.6 Å². The van der Waals surface area contributed by atoms with Gasteiger partial charge in [-0.15, -0.1) is 0 Å². The minimum Gasteiger partial charge on any atom is -0.352 e. The van der Waals surface area contributed by atoms with Gasteiger partial charge in [0.2, 0.25) is 21.8 Å². The lowest BCUT2D eigenvalue weighted by Crippen LogP contribution is -2.52. The summed E-state index contributed by atoms with van der Waals surface area (Å²) in [5, 5.41) is 3.00. The van der Waals surface area contributed by atoms with Gasteiger partial charge in [0.05, 0.1) is 11.9 Å². The van der Waals surface area contributed by atoms with Gasteiger partial charge in [0.25, 0.3) is 0 Å². The summed E-state index contributed by atoms with van der Waals surface area (Å²) in [5.74, 6) is -1.13. The Balaban J connectivity index is 1.92. The lowest BCUT2D eigenvalue weighted by atomic mass is 10.0. The summed E-state index contributed by atoms with van der Waals surface area (Å²) in [4.78, 5) is 29.0. The summed E-state index contributed by atoms with van der Waals surface area (Å²) in [6, 6.07) is 20.1. The number of nitrogens with one attached hydrogen (secondary N) is 1. The molecular weight excluding hydrogens is 553 g/mol. The first-order valence-electron chi connectivity index (χ1n) is 14.3. The van der Waals surface area contributed by atoms with Gasteiger partial charge in [-0.05, 0) is 62.4 Å². The van der Waals surface area contributed by atoms with E-state index in [1.165, 1.54) is 15.3 Å². The standard InChI is InChI=1S/C33H42FN3O4S/c1-6-25(3)35-33(39)31(22-27-15-8-7-9-16-27)36(23-28-17-10-11-18-29(28)34)32(38)20-13-21-37(42(5,40)41)30-19-12-14-24(2)26(30)4/h7-12,14-19,25,31H,6,13,20-23H2,1-5H3,(H,35,39)/t25-,31+/m0/s1. The van der Waals surface area contributed by atoms with E-state index in [-0.39, 0.29) is 50.2 Å². The van der Waals surface area contributed by atoms with Gasteiger partial charge in [-0.2, -0.15) is 0 Å². The molecule has 0 saturated carbocycles. The second-order valence-corrected chi connectivity index (χ2v) is 12.7. The van der Waals surface area contributed by atoms with Gasteiger partial charge < -0.3 is 10.2 Å². The molecule has 0 aliphatic heterocycles. The highest BCUT2D eigenvalue weighted by Crippen LogP contribution is 2.26. The fourth-order valence-electron chi connectivity index (χ4n) is 4.79. The molecule has 2 atom stereocenters. The van der Waals surface area contributed by atoms with Crippen molar-refractivity contribution in [1.29, 1.82) is 0 Å². The fourth-order valence-corrected chi connectivity index (χ4v) is 5.81. The fraction of sp³-hybridized carbons (Fsp3) is 0.394. The molecule has 1 N–H and O–H groups in total. The Kier molecular flexibility index (Phi) is 11.7. The molecule has 7 nitrogen and oxygen atoms in total. The number of anilines is 1. The van der Waals surface area contributed by atoms with E-state index in [1.807, 2.05) is 64.1 Å². The Bertz CT molecular complexity index is 1460. The molecule has 0 unspecified atom stereocenters. The quantitative estimate of drug-likeness (QED) is 0.265. The van der Waals surface area contributed by atoms with Gasteiger partial charge in [-0.25, -0.2) is 12.8 Å². The number of amides is 2. The van der Waals surface area contributed by atoms with E-state index in [0.717, 1.165) is 22.9 Å². The summed E-state index contributed by atoms with van der Waals surface area (Å²) < 4.78 is 41.6. The maximum atomic E-state index is 14.8. The number of hydrogen-bond acceptors (Lipinski definition) is 4. The molecule has 0 radical (unpaired) electrons. The van der Waals surface area contributed by atoms with Crippen LogP contribution >= 0.6 is 0 Å². The van der Waals surface area contributed by atoms with Crippen molar-refractivity contribution < 1.29 is 22.4 Å². The number of nitrogens with zero attached hydrogens (tertiary/aromatic N) is 2. The largest absolute Gasteiger partial charge is 0.352 e. The number of carbonyl (C=O) groups is 2. The third kappa shape index (κ3) is 8.89. The van der Waals surface area contributed by atoms with Gasteiger partial charge in [0.15, 0.2) is 0 Å².